The maximum Gasteiger partial charge on any atom is 0.182 e. The lowest BCUT2D eigenvalue weighted by Gasteiger charge is -2.32. The van der Waals surface area contributed by atoms with E-state index in [2.05, 4.69) is 35.0 Å². The lowest BCUT2D eigenvalue weighted by atomic mass is 10.1. The van der Waals surface area contributed by atoms with Crippen molar-refractivity contribution in [1.82, 2.24) is 24.4 Å². The van der Waals surface area contributed by atoms with E-state index in [1.807, 2.05) is 40.9 Å². The number of nitrogens with zero attached hydrogens (tertiary/aromatic N) is 5. The number of aromatic nitrogens is 3. The number of pyridine rings is 1. The van der Waals surface area contributed by atoms with Crippen molar-refractivity contribution in [2.45, 2.75) is 11.4 Å². The standard InChI is InChI=1S/C25H27N5O2S/c1-28-13-15-29(16-14-28)18-19-5-3-6-21(17-19)25-26-24-8-4-7-23(30(24)27-25)20-9-11-22(12-10-20)33(2,31)32/h3-12,17H,13-16,18H2,1-2H3. The second-order valence-electron chi connectivity index (χ2n) is 8.69. The number of hydrogen-bond acceptors (Lipinski definition) is 6. The van der Waals surface area contributed by atoms with Crippen LogP contribution in [0, 0.1) is 0 Å². The van der Waals surface area contributed by atoms with E-state index in [1.54, 1.807) is 12.1 Å². The molecule has 7 nitrogen and oxygen atoms in total. The molecule has 33 heavy (non-hydrogen) atoms. The average molecular weight is 462 g/mol. The van der Waals surface area contributed by atoms with Crippen molar-refractivity contribution < 1.29 is 8.42 Å². The third-order valence-electron chi connectivity index (χ3n) is 6.13. The van der Waals surface area contributed by atoms with Gasteiger partial charge in [0.05, 0.1) is 10.6 Å². The first-order chi connectivity index (χ1) is 15.9. The van der Waals surface area contributed by atoms with Crippen molar-refractivity contribution in [2.24, 2.45) is 0 Å². The molecule has 1 aliphatic rings. The summed E-state index contributed by atoms with van der Waals surface area (Å²) in [6, 6.07) is 21.2. The van der Waals surface area contributed by atoms with Gasteiger partial charge < -0.3 is 4.90 Å². The van der Waals surface area contributed by atoms with Crippen LogP contribution in [0.2, 0.25) is 0 Å². The normalized spacial score (nSPS) is 15.8. The zero-order valence-corrected chi connectivity index (χ0v) is 19.7. The molecule has 0 atom stereocenters. The molecule has 0 radical (unpaired) electrons. The molecule has 0 saturated carbocycles. The number of rotatable bonds is 5. The van der Waals surface area contributed by atoms with Crippen LogP contribution in [0.4, 0.5) is 0 Å². The molecule has 0 N–H and O–H groups in total. The molecule has 2 aromatic heterocycles. The monoisotopic (exact) mass is 461 g/mol. The summed E-state index contributed by atoms with van der Waals surface area (Å²) < 4.78 is 25.4. The quantitative estimate of drug-likeness (QED) is 0.455. The molecule has 0 spiro atoms. The molecule has 0 bridgehead atoms. The first kappa shape index (κ1) is 21.8. The minimum atomic E-state index is -3.23. The molecule has 5 rings (SSSR count). The zero-order chi connectivity index (χ0) is 23.0. The summed E-state index contributed by atoms with van der Waals surface area (Å²) in [6.45, 7) is 5.28. The summed E-state index contributed by atoms with van der Waals surface area (Å²) in [5.41, 5.74) is 4.74. The van der Waals surface area contributed by atoms with Crippen LogP contribution in [0.25, 0.3) is 28.3 Å². The minimum Gasteiger partial charge on any atom is -0.304 e. The summed E-state index contributed by atoms with van der Waals surface area (Å²) >= 11 is 0. The van der Waals surface area contributed by atoms with E-state index in [-0.39, 0.29) is 0 Å². The Labute approximate surface area is 194 Å². The largest absolute Gasteiger partial charge is 0.304 e. The van der Waals surface area contributed by atoms with Crippen LogP contribution in [0.5, 0.6) is 0 Å². The zero-order valence-electron chi connectivity index (χ0n) is 18.8. The Hall–Kier alpha value is -3.07. The van der Waals surface area contributed by atoms with Gasteiger partial charge in [-0.1, -0.05) is 36.4 Å². The number of piperazine rings is 1. The number of fused-ring (bicyclic) bond motifs is 1. The van der Waals surface area contributed by atoms with Crippen molar-refractivity contribution in [3.63, 3.8) is 0 Å². The smallest absolute Gasteiger partial charge is 0.182 e. The van der Waals surface area contributed by atoms with Crippen LogP contribution >= 0.6 is 0 Å². The van der Waals surface area contributed by atoms with Gasteiger partial charge in [0.25, 0.3) is 0 Å². The van der Waals surface area contributed by atoms with Crippen LogP contribution in [0.3, 0.4) is 0 Å². The van der Waals surface area contributed by atoms with E-state index in [4.69, 9.17) is 10.1 Å². The van der Waals surface area contributed by atoms with Gasteiger partial charge in [-0.2, -0.15) is 0 Å². The Bertz CT molecular complexity index is 1390. The highest BCUT2D eigenvalue weighted by Crippen LogP contribution is 2.25. The third-order valence-corrected chi connectivity index (χ3v) is 7.25. The van der Waals surface area contributed by atoms with Crippen LogP contribution in [-0.4, -0.2) is 72.3 Å². The molecule has 0 aliphatic carbocycles. The number of sulfone groups is 1. The summed E-state index contributed by atoms with van der Waals surface area (Å²) in [4.78, 5) is 9.90. The summed E-state index contributed by atoms with van der Waals surface area (Å²) in [5, 5.41) is 4.80. The Morgan fingerprint density at radius 2 is 1.61 bits per heavy atom. The van der Waals surface area contributed by atoms with Crippen molar-refractivity contribution in [3.05, 3.63) is 72.3 Å². The Balaban J connectivity index is 1.45. The van der Waals surface area contributed by atoms with Crippen LogP contribution in [0.15, 0.2) is 71.6 Å². The second-order valence-corrected chi connectivity index (χ2v) is 10.7. The van der Waals surface area contributed by atoms with E-state index in [0.717, 1.165) is 55.2 Å². The summed E-state index contributed by atoms with van der Waals surface area (Å²) in [5.74, 6) is 0.676. The van der Waals surface area contributed by atoms with E-state index in [0.29, 0.717) is 10.7 Å². The molecule has 3 heterocycles. The fourth-order valence-corrected chi connectivity index (χ4v) is 4.82. The van der Waals surface area contributed by atoms with Gasteiger partial charge in [0.15, 0.2) is 21.3 Å². The first-order valence-electron chi connectivity index (χ1n) is 11.0. The maximum absolute atomic E-state index is 11.8. The van der Waals surface area contributed by atoms with Gasteiger partial charge in [0.1, 0.15) is 0 Å². The number of hydrogen-bond donors (Lipinski definition) is 0. The van der Waals surface area contributed by atoms with Crippen molar-refractivity contribution in [1.29, 1.82) is 0 Å². The fourth-order valence-electron chi connectivity index (χ4n) is 4.19. The van der Waals surface area contributed by atoms with Crippen LogP contribution < -0.4 is 0 Å². The molecule has 170 valence electrons. The van der Waals surface area contributed by atoms with Gasteiger partial charge in [-0.25, -0.2) is 17.9 Å². The maximum atomic E-state index is 11.8. The van der Waals surface area contributed by atoms with Gasteiger partial charge in [-0.15, -0.1) is 5.10 Å². The molecular weight excluding hydrogens is 434 g/mol. The van der Waals surface area contributed by atoms with E-state index < -0.39 is 9.84 Å². The summed E-state index contributed by atoms with van der Waals surface area (Å²) in [7, 11) is -1.07. The predicted molar refractivity (Wildman–Crippen MR) is 130 cm³/mol. The Morgan fingerprint density at radius 3 is 2.33 bits per heavy atom. The van der Waals surface area contributed by atoms with Crippen molar-refractivity contribution >= 4 is 15.5 Å². The number of benzene rings is 2. The SMILES string of the molecule is CN1CCN(Cc2cccc(-c3nc4cccc(-c5ccc(S(C)(=O)=O)cc5)n4n3)c2)CC1. The second kappa shape index (κ2) is 8.70. The van der Waals surface area contributed by atoms with Gasteiger partial charge in [-0.3, -0.25) is 4.90 Å². The highest BCUT2D eigenvalue weighted by Gasteiger charge is 2.15. The predicted octanol–water partition coefficient (Wildman–Crippen LogP) is 3.21. The topological polar surface area (TPSA) is 70.8 Å². The lowest BCUT2D eigenvalue weighted by molar-refractivity contribution is 0.148. The van der Waals surface area contributed by atoms with Gasteiger partial charge in [0, 0.05) is 50.1 Å². The van der Waals surface area contributed by atoms with Gasteiger partial charge in [-0.05, 0) is 42.9 Å². The first-order valence-corrected chi connectivity index (χ1v) is 12.9. The van der Waals surface area contributed by atoms with E-state index in [9.17, 15) is 8.42 Å². The minimum absolute atomic E-state index is 0.301. The Kier molecular flexibility index (Phi) is 5.74. The molecular formula is C25H27N5O2S. The fraction of sp³-hybridized carbons (Fsp3) is 0.280. The Morgan fingerprint density at radius 1 is 0.879 bits per heavy atom. The molecule has 2 aromatic carbocycles. The molecule has 1 fully saturated rings. The van der Waals surface area contributed by atoms with E-state index >= 15 is 0 Å². The average Bonchev–Trinajstić information content (AvgIpc) is 3.25. The summed E-state index contributed by atoms with van der Waals surface area (Å²) in [6.07, 6.45) is 1.21. The van der Waals surface area contributed by atoms with E-state index in [1.165, 1.54) is 11.8 Å². The third kappa shape index (κ3) is 4.68. The highest BCUT2D eigenvalue weighted by molar-refractivity contribution is 7.90. The van der Waals surface area contributed by atoms with Crippen LogP contribution in [-0.2, 0) is 16.4 Å². The van der Waals surface area contributed by atoms with Crippen molar-refractivity contribution in [3.8, 4) is 22.6 Å². The number of likely N-dealkylation sites (N-methyl/N-ethyl adjacent to an activating group) is 1. The van der Waals surface area contributed by atoms with Gasteiger partial charge in [0.2, 0.25) is 0 Å². The van der Waals surface area contributed by atoms with Gasteiger partial charge >= 0.3 is 0 Å². The lowest BCUT2D eigenvalue weighted by Crippen LogP contribution is -2.43. The van der Waals surface area contributed by atoms with Crippen LogP contribution in [0.1, 0.15) is 5.56 Å². The highest BCUT2D eigenvalue weighted by atomic mass is 32.2. The molecule has 1 aliphatic heterocycles. The molecule has 8 heteroatoms. The molecule has 4 aromatic rings. The molecule has 0 unspecified atom stereocenters. The molecule has 0 amide bonds. The molecule has 1 saturated heterocycles. The van der Waals surface area contributed by atoms with Crippen molar-refractivity contribution in [2.75, 3.05) is 39.5 Å².